The lowest BCUT2D eigenvalue weighted by Gasteiger charge is -2.36. The summed E-state index contributed by atoms with van der Waals surface area (Å²) in [5, 5.41) is 2.45. The Labute approximate surface area is 205 Å². The van der Waals surface area contributed by atoms with Gasteiger partial charge in [0.15, 0.2) is 0 Å². The molecule has 0 spiro atoms. The van der Waals surface area contributed by atoms with Gasteiger partial charge >= 0.3 is 0 Å². The number of para-hydroxylation sites is 1. The molecule has 0 radical (unpaired) electrons. The van der Waals surface area contributed by atoms with Crippen molar-refractivity contribution in [3.63, 3.8) is 0 Å². The van der Waals surface area contributed by atoms with Crippen LogP contribution in [0.15, 0.2) is 60.0 Å². The summed E-state index contributed by atoms with van der Waals surface area (Å²) < 4.78 is 28.1. The van der Waals surface area contributed by atoms with Crippen molar-refractivity contribution in [1.82, 2.24) is 14.2 Å². The first kappa shape index (κ1) is 23.2. The molecule has 2 fully saturated rings. The van der Waals surface area contributed by atoms with Crippen LogP contribution in [0.2, 0.25) is 0 Å². The summed E-state index contributed by atoms with van der Waals surface area (Å²) in [7, 11) is -3.48. The van der Waals surface area contributed by atoms with Crippen LogP contribution in [0, 0.1) is 5.92 Å². The first-order chi connectivity index (χ1) is 16.5. The van der Waals surface area contributed by atoms with E-state index in [1.807, 2.05) is 47.4 Å². The molecule has 34 heavy (non-hydrogen) atoms. The molecule has 0 aliphatic carbocycles. The van der Waals surface area contributed by atoms with Gasteiger partial charge in [-0.25, -0.2) is 13.4 Å². The molecule has 5 rings (SSSR count). The summed E-state index contributed by atoms with van der Waals surface area (Å²) in [5.41, 5.74) is 1.91. The van der Waals surface area contributed by atoms with E-state index in [2.05, 4.69) is 12.1 Å². The molecule has 3 heterocycles. The minimum absolute atomic E-state index is 0.0939. The molecule has 2 aliphatic heterocycles. The number of thiazole rings is 1. The zero-order valence-corrected chi connectivity index (χ0v) is 20.7. The molecule has 1 amide bonds. The van der Waals surface area contributed by atoms with Crippen LogP contribution < -0.4 is 0 Å². The lowest BCUT2D eigenvalue weighted by atomic mass is 9.93. The number of hydrogen-bond donors (Lipinski definition) is 0. The van der Waals surface area contributed by atoms with Gasteiger partial charge in [-0.3, -0.25) is 4.79 Å². The average Bonchev–Trinajstić information content (AvgIpc) is 3.32. The molecular formula is C26H29N3O3S2. The van der Waals surface area contributed by atoms with Crippen molar-refractivity contribution in [3.05, 3.63) is 70.6 Å². The van der Waals surface area contributed by atoms with Gasteiger partial charge in [0.05, 0.1) is 15.2 Å². The zero-order chi connectivity index (χ0) is 23.5. The van der Waals surface area contributed by atoms with Gasteiger partial charge < -0.3 is 4.90 Å². The minimum Gasteiger partial charge on any atom is -0.342 e. The second kappa shape index (κ2) is 9.98. The first-order valence-electron chi connectivity index (χ1n) is 11.9. The maximum atomic E-state index is 13.1. The third-order valence-corrected chi connectivity index (χ3v) is 9.63. The summed E-state index contributed by atoms with van der Waals surface area (Å²) in [4.78, 5) is 19.9. The molecule has 2 aliphatic rings. The highest BCUT2D eigenvalue weighted by molar-refractivity contribution is 7.92. The summed E-state index contributed by atoms with van der Waals surface area (Å²) in [6.07, 6.45) is 4.65. The molecule has 6 nitrogen and oxygen atoms in total. The summed E-state index contributed by atoms with van der Waals surface area (Å²) in [6.45, 7) is 2.27. The number of amides is 1. The van der Waals surface area contributed by atoms with Crippen molar-refractivity contribution in [2.45, 2.75) is 31.6 Å². The highest BCUT2D eigenvalue weighted by Gasteiger charge is 2.34. The lowest BCUT2D eigenvalue weighted by Crippen LogP contribution is -2.46. The van der Waals surface area contributed by atoms with Crippen LogP contribution in [0.5, 0.6) is 0 Å². The van der Waals surface area contributed by atoms with E-state index in [9.17, 15) is 13.2 Å². The molecule has 0 atom stereocenters. The number of sulfonamides is 1. The Balaban J connectivity index is 1.13. The molecule has 2 aromatic carbocycles. The Kier molecular flexibility index (Phi) is 6.81. The van der Waals surface area contributed by atoms with Gasteiger partial charge in [0.2, 0.25) is 15.9 Å². The second-order valence-electron chi connectivity index (χ2n) is 9.05. The largest absolute Gasteiger partial charge is 0.342 e. The second-order valence-corrected chi connectivity index (χ2v) is 11.9. The van der Waals surface area contributed by atoms with Crippen molar-refractivity contribution in [3.8, 4) is 0 Å². The molecular weight excluding hydrogens is 466 g/mol. The van der Waals surface area contributed by atoms with E-state index in [0.29, 0.717) is 31.8 Å². The van der Waals surface area contributed by atoms with Gasteiger partial charge in [-0.05, 0) is 49.5 Å². The van der Waals surface area contributed by atoms with Gasteiger partial charge in [-0.15, -0.1) is 11.3 Å². The molecule has 0 bridgehead atoms. The number of aromatic nitrogens is 1. The van der Waals surface area contributed by atoms with Crippen molar-refractivity contribution in [2.24, 2.45) is 5.92 Å². The fourth-order valence-corrected chi connectivity index (χ4v) is 7.20. The third-order valence-electron chi connectivity index (χ3n) is 6.86. The van der Waals surface area contributed by atoms with Crippen molar-refractivity contribution < 1.29 is 13.2 Å². The van der Waals surface area contributed by atoms with E-state index in [-0.39, 0.29) is 11.8 Å². The summed E-state index contributed by atoms with van der Waals surface area (Å²) >= 11 is 1.76. The van der Waals surface area contributed by atoms with E-state index in [4.69, 9.17) is 4.98 Å². The molecule has 8 heteroatoms. The SMILES string of the molecule is O=C(C1CCN(S(=O)(=O)/C=C/c2ccccc2)CC1)N1CCC(c2nc3ccccc3s2)CC1. The predicted molar refractivity (Wildman–Crippen MR) is 137 cm³/mol. The van der Waals surface area contributed by atoms with Gasteiger partial charge in [-0.2, -0.15) is 4.31 Å². The maximum Gasteiger partial charge on any atom is 0.236 e. The van der Waals surface area contributed by atoms with Gasteiger partial charge in [0, 0.05) is 43.4 Å². The van der Waals surface area contributed by atoms with Crippen LogP contribution in [-0.4, -0.2) is 54.7 Å². The molecule has 1 aromatic heterocycles. The smallest absolute Gasteiger partial charge is 0.236 e. The number of hydrogen-bond acceptors (Lipinski definition) is 5. The number of nitrogens with zero attached hydrogens (tertiary/aromatic N) is 3. The number of benzene rings is 2. The van der Waals surface area contributed by atoms with E-state index in [1.165, 1.54) is 19.4 Å². The number of carbonyl (C=O) groups is 1. The quantitative estimate of drug-likeness (QED) is 0.514. The van der Waals surface area contributed by atoms with Crippen molar-refractivity contribution in [1.29, 1.82) is 0 Å². The molecule has 0 unspecified atom stereocenters. The first-order valence-corrected chi connectivity index (χ1v) is 14.2. The van der Waals surface area contributed by atoms with E-state index < -0.39 is 10.0 Å². The van der Waals surface area contributed by atoms with Crippen molar-refractivity contribution >= 4 is 43.6 Å². The number of rotatable bonds is 5. The van der Waals surface area contributed by atoms with Crippen LogP contribution in [0.4, 0.5) is 0 Å². The number of carbonyl (C=O) groups excluding carboxylic acids is 1. The highest BCUT2D eigenvalue weighted by Crippen LogP contribution is 2.34. The Bertz CT molecular complexity index is 1240. The number of fused-ring (bicyclic) bond motifs is 1. The van der Waals surface area contributed by atoms with Crippen LogP contribution >= 0.6 is 11.3 Å². The Morgan fingerprint density at radius 1 is 0.912 bits per heavy atom. The highest BCUT2D eigenvalue weighted by atomic mass is 32.2. The van der Waals surface area contributed by atoms with Crippen LogP contribution in [-0.2, 0) is 14.8 Å². The van der Waals surface area contributed by atoms with Gasteiger partial charge in [0.1, 0.15) is 0 Å². The zero-order valence-electron chi connectivity index (χ0n) is 19.0. The predicted octanol–water partition coefficient (Wildman–Crippen LogP) is 4.72. The van der Waals surface area contributed by atoms with Crippen LogP contribution in [0.3, 0.4) is 0 Å². The van der Waals surface area contributed by atoms with E-state index in [0.717, 1.165) is 37.0 Å². The fourth-order valence-electron chi connectivity index (χ4n) is 4.84. The lowest BCUT2D eigenvalue weighted by molar-refractivity contribution is -0.137. The molecule has 178 valence electrons. The van der Waals surface area contributed by atoms with Crippen LogP contribution in [0.1, 0.15) is 42.2 Å². The molecule has 2 saturated heterocycles. The third kappa shape index (κ3) is 5.09. The van der Waals surface area contributed by atoms with E-state index in [1.54, 1.807) is 17.4 Å². The number of likely N-dealkylation sites (tertiary alicyclic amines) is 1. The van der Waals surface area contributed by atoms with E-state index >= 15 is 0 Å². The fraction of sp³-hybridized carbons (Fsp3) is 0.385. The van der Waals surface area contributed by atoms with Crippen LogP contribution in [0.25, 0.3) is 16.3 Å². The topological polar surface area (TPSA) is 70.6 Å². The Hall–Kier alpha value is -2.55. The standard InChI is InChI=1S/C26H29N3O3S2/c30-26(28-15-10-21(11-16-28)25-27-23-8-4-5-9-24(23)33-25)22-12-17-29(18-13-22)34(31,32)19-14-20-6-2-1-3-7-20/h1-9,14,19,21-22H,10-13,15-18H2/b19-14+. The minimum atomic E-state index is -3.48. The molecule has 0 saturated carbocycles. The summed E-state index contributed by atoms with van der Waals surface area (Å²) in [5.74, 6) is 0.494. The Morgan fingerprint density at radius 3 is 2.29 bits per heavy atom. The van der Waals surface area contributed by atoms with Gasteiger partial charge in [-0.1, -0.05) is 42.5 Å². The average molecular weight is 496 g/mol. The number of piperidine rings is 2. The normalized spacial score (nSPS) is 19.2. The maximum absolute atomic E-state index is 13.1. The van der Waals surface area contributed by atoms with Gasteiger partial charge in [0.25, 0.3) is 0 Å². The molecule has 3 aromatic rings. The monoisotopic (exact) mass is 495 g/mol. The van der Waals surface area contributed by atoms with Crippen molar-refractivity contribution in [2.75, 3.05) is 26.2 Å². The Morgan fingerprint density at radius 2 is 1.59 bits per heavy atom. The summed E-state index contributed by atoms with van der Waals surface area (Å²) in [6, 6.07) is 17.6. The molecule has 0 N–H and O–H groups in total.